The van der Waals surface area contributed by atoms with Gasteiger partial charge in [0.25, 0.3) is 0 Å². The van der Waals surface area contributed by atoms with Crippen LogP contribution in [0.2, 0.25) is 0 Å². The number of rotatable bonds is 20. The molecule has 0 aliphatic heterocycles. The van der Waals surface area contributed by atoms with Crippen molar-refractivity contribution in [2.45, 2.75) is 52.4 Å². The van der Waals surface area contributed by atoms with Gasteiger partial charge >= 0.3 is 11.9 Å². The molecule has 0 fully saturated rings. The van der Waals surface area contributed by atoms with Crippen molar-refractivity contribution in [3.63, 3.8) is 0 Å². The van der Waals surface area contributed by atoms with Gasteiger partial charge in [-0.25, -0.2) is 9.59 Å². The molecule has 8 heteroatoms. The second kappa shape index (κ2) is 21.5. The molecule has 0 saturated carbocycles. The second-order valence-corrected chi connectivity index (χ2v) is 12.7. The molecule has 0 N–H and O–H groups in total. The molecule has 5 aromatic rings. The third kappa shape index (κ3) is 12.9. The fourth-order valence-corrected chi connectivity index (χ4v) is 5.50. The molecule has 0 heterocycles. The lowest BCUT2D eigenvalue weighted by Crippen LogP contribution is -2.16. The number of aliphatic imine (C=N–C) groups is 2. The van der Waals surface area contributed by atoms with Gasteiger partial charge in [-0.1, -0.05) is 63.1 Å². The molecular formula is C46H48N2O6. The van der Waals surface area contributed by atoms with E-state index in [-0.39, 0.29) is 24.3 Å². The number of aryl methyl sites for hydroxylation is 2. The number of benzene rings is 5. The maximum Gasteiger partial charge on any atom is 0.339 e. The number of hydrogen-bond acceptors (Lipinski definition) is 8. The van der Waals surface area contributed by atoms with Crippen molar-refractivity contribution in [3.05, 3.63) is 155 Å². The summed E-state index contributed by atoms with van der Waals surface area (Å²) in [5.41, 5.74) is 6.70. The van der Waals surface area contributed by atoms with Crippen molar-refractivity contribution in [1.29, 1.82) is 0 Å². The van der Waals surface area contributed by atoms with Gasteiger partial charge in [-0.15, -0.1) is 0 Å². The summed E-state index contributed by atoms with van der Waals surface area (Å²) >= 11 is 0. The molecule has 0 spiro atoms. The maximum absolute atomic E-state index is 12.8. The smallest absolute Gasteiger partial charge is 0.339 e. The molecule has 0 atom stereocenters. The number of carbonyl (C=O) groups is 2. The average molecular weight is 725 g/mol. The van der Waals surface area contributed by atoms with Crippen LogP contribution in [0.3, 0.4) is 0 Å². The third-order valence-electron chi connectivity index (χ3n) is 8.38. The van der Waals surface area contributed by atoms with E-state index in [2.05, 4.69) is 48.1 Å². The van der Waals surface area contributed by atoms with E-state index in [1.807, 2.05) is 85.2 Å². The highest BCUT2D eigenvalue weighted by Gasteiger charge is 2.19. The van der Waals surface area contributed by atoms with Crippen LogP contribution in [0, 0.1) is 0 Å². The van der Waals surface area contributed by atoms with Gasteiger partial charge in [0.05, 0.1) is 48.9 Å². The topological polar surface area (TPSA) is 95.8 Å². The average Bonchev–Trinajstić information content (AvgIpc) is 3.21. The minimum Gasteiger partial charge on any atom is -0.493 e. The van der Waals surface area contributed by atoms with E-state index in [1.54, 1.807) is 24.3 Å². The number of esters is 2. The zero-order chi connectivity index (χ0) is 37.8. The summed E-state index contributed by atoms with van der Waals surface area (Å²) in [5, 5.41) is 0. The monoisotopic (exact) mass is 724 g/mol. The molecule has 5 aromatic carbocycles. The number of hydrogen-bond donors (Lipinski definition) is 0. The standard InChI is InChI=1S/C46H48N2O6/c1-3-9-35-13-21-39(22-14-35)47-33-37-17-25-41(26-18-37)51-29-7-31-53-45(49)43-11-5-6-12-44(43)46(50)54-32-8-30-52-42-27-19-38(20-28-42)34-48-40-23-15-36(10-4-2)16-24-40/h5-6,11-28,33-34H,3-4,7-10,29-32H2,1-2H3. The van der Waals surface area contributed by atoms with Gasteiger partial charge in [0.15, 0.2) is 0 Å². The molecule has 0 radical (unpaired) electrons. The van der Waals surface area contributed by atoms with E-state index in [4.69, 9.17) is 18.9 Å². The Morgan fingerprint density at radius 3 is 1.26 bits per heavy atom. The molecule has 0 bridgehead atoms. The largest absolute Gasteiger partial charge is 0.493 e. The fraction of sp³-hybridized carbons (Fsp3) is 0.261. The van der Waals surface area contributed by atoms with Gasteiger partial charge in [-0.05, 0) is 120 Å². The van der Waals surface area contributed by atoms with E-state index in [9.17, 15) is 9.59 Å². The summed E-state index contributed by atoms with van der Waals surface area (Å²) in [6, 6.07) is 38.4. The zero-order valence-electron chi connectivity index (χ0n) is 31.1. The Bertz CT molecular complexity index is 1810. The highest BCUT2D eigenvalue weighted by atomic mass is 16.5. The van der Waals surface area contributed by atoms with Crippen molar-refractivity contribution >= 4 is 35.7 Å². The first-order chi connectivity index (χ1) is 26.5. The lowest BCUT2D eigenvalue weighted by Gasteiger charge is -2.11. The Balaban J connectivity index is 0.968. The van der Waals surface area contributed by atoms with E-state index in [0.717, 1.165) is 48.2 Å². The predicted octanol–water partition coefficient (Wildman–Crippen LogP) is 10.3. The van der Waals surface area contributed by atoms with Crippen LogP contribution in [0.15, 0.2) is 131 Å². The third-order valence-corrected chi connectivity index (χ3v) is 8.38. The summed E-state index contributed by atoms with van der Waals surface area (Å²) in [6.07, 6.45) is 9.01. The van der Waals surface area contributed by atoms with E-state index >= 15 is 0 Å². The van der Waals surface area contributed by atoms with E-state index < -0.39 is 11.9 Å². The van der Waals surface area contributed by atoms with Gasteiger partial charge in [-0.2, -0.15) is 0 Å². The Morgan fingerprint density at radius 1 is 0.500 bits per heavy atom. The van der Waals surface area contributed by atoms with Gasteiger partial charge in [0, 0.05) is 25.3 Å². The Kier molecular flexibility index (Phi) is 15.6. The van der Waals surface area contributed by atoms with Crippen LogP contribution in [0.25, 0.3) is 0 Å². The zero-order valence-corrected chi connectivity index (χ0v) is 31.1. The number of ether oxygens (including phenoxy) is 4. The molecule has 54 heavy (non-hydrogen) atoms. The number of nitrogens with zero attached hydrogens (tertiary/aromatic N) is 2. The normalized spacial score (nSPS) is 11.1. The summed E-state index contributed by atoms with van der Waals surface area (Å²) in [4.78, 5) is 34.8. The summed E-state index contributed by atoms with van der Waals surface area (Å²) in [6.45, 7) is 5.35. The van der Waals surface area contributed by atoms with Crippen LogP contribution in [0.5, 0.6) is 11.5 Å². The fourth-order valence-electron chi connectivity index (χ4n) is 5.50. The Labute approximate surface area is 318 Å². The first kappa shape index (κ1) is 39.2. The quantitative estimate of drug-likeness (QED) is 0.0450. The Morgan fingerprint density at radius 2 is 0.889 bits per heavy atom. The molecular weight excluding hydrogens is 677 g/mol. The minimum atomic E-state index is -0.590. The predicted molar refractivity (Wildman–Crippen MR) is 215 cm³/mol. The van der Waals surface area contributed by atoms with Crippen molar-refractivity contribution in [2.24, 2.45) is 9.98 Å². The molecule has 0 saturated heterocycles. The molecule has 278 valence electrons. The van der Waals surface area contributed by atoms with Crippen LogP contribution < -0.4 is 9.47 Å². The first-order valence-electron chi connectivity index (χ1n) is 18.7. The highest BCUT2D eigenvalue weighted by Crippen LogP contribution is 2.18. The molecule has 0 unspecified atom stereocenters. The highest BCUT2D eigenvalue weighted by molar-refractivity contribution is 6.03. The van der Waals surface area contributed by atoms with Crippen LogP contribution in [0.4, 0.5) is 11.4 Å². The van der Waals surface area contributed by atoms with Gasteiger partial charge < -0.3 is 18.9 Å². The molecule has 8 nitrogen and oxygen atoms in total. The Hall–Kier alpha value is -6.02. The van der Waals surface area contributed by atoms with Crippen molar-refractivity contribution < 1.29 is 28.5 Å². The van der Waals surface area contributed by atoms with Crippen LogP contribution in [0.1, 0.15) is 82.5 Å². The molecule has 0 aliphatic carbocycles. The summed E-state index contributed by atoms with van der Waals surface area (Å²) in [7, 11) is 0. The van der Waals surface area contributed by atoms with Gasteiger partial charge in [-0.3, -0.25) is 9.98 Å². The molecule has 5 rings (SSSR count). The van der Waals surface area contributed by atoms with Gasteiger partial charge in [0.1, 0.15) is 11.5 Å². The minimum absolute atomic E-state index is 0.141. The lowest BCUT2D eigenvalue weighted by atomic mass is 10.1. The van der Waals surface area contributed by atoms with Crippen LogP contribution in [-0.4, -0.2) is 50.8 Å². The van der Waals surface area contributed by atoms with Crippen molar-refractivity contribution in [2.75, 3.05) is 26.4 Å². The lowest BCUT2D eigenvalue weighted by molar-refractivity contribution is 0.0438. The van der Waals surface area contributed by atoms with Gasteiger partial charge in [0.2, 0.25) is 0 Å². The SMILES string of the molecule is CCCc1ccc(N=Cc2ccc(OCCCOC(=O)c3ccccc3C(=O)OCCCOc3ccc(C=Nc4ccc(CCC)cc4)cc3)cc2)cc1. The van der Waals surface area contributed by atoms with Crippen LogP contribution >= 0.6 is 0 Å². The second-order valence-electron chi connectivity index (χ2n) is 12.7. The molecule has 0 amide bonds. The van der Waals surface area contributed by atoms with Crippen molar-refractivity contribution in [3.8, 4) is 11.5 Å². The van der Waals surface area contributed by atoms with E-state index in [1.165, 1.54) is 11.1 Å². The maximum atomic E-state index is 12.8. The first-order valence-corrected chi connectivity index (χ1v) is 18.7. The number of carbonyl (C=O) groups excluding carboxylic acids is 2. The summed E-state index contributed by atoms with van der Waals surface area (Å²) in [5.74, 6) is 0.244. The molecule has 0 aliphatic rings. The van der Waals surface area contributed by atoms with Crippen molar-refractivity contribution in [1.82, 2.24) is 0 Å². The summed E-state index contributed by atoms with van der Waals surface area (Å²) < 4.78 is 22.5. The molecule has 0 aromatic heterocycles. The van der Waals surface area contributed by atoms with E-state index in [0.29, 0.717) is 37.6 Å². The van der Waals surface area contributed by atoms with Crippen LogP contribution in [-0.2, 0) is 22.3 Å².